The Kier molecular flexibility index (Phi) is 4.67. The number of rotatable bonds is 4. The van der Waals surface area contributed by atoms with Crippen molar-refractivity contribution in [2.45, 2.75) is 23.7 Å². The largest absolute Gasteiger partial charge is 0.269 e. The van der Waals surface area contributed by atoms with Crippen LogP contribution in [0.5, 0.6) is 0 Å². The molecule has 1 aliphatic rings. The summed E-state index contributed by atoms with van der Waals surface area (Å²) in [4.78, 5) is 15.0. The molecule has 0 saturated carbocycles. The maximum Gasteiger partial charge on any atom is 0.269 e. The number of non-ortho nitro benzene ring substituents is 1. The van der Waals surface area contributed by atoms with Gasteiger partial charge in [-0.1, -0.05) is 12.1 Å². The zero-order chi connectivity index (χ0) is 19.0. The van der Waals surface area contributed by atoms with Crippen molar-refractivity contribution in [3.63, 3.8) is 0 Å². The van der Waals surface area contributed by atoms with Gasteiger partial charge < -0.3 is 0 Å². The minimum Gasteiger partial charge on any atom is -0.258 e. The van der Waals surface area contributed by atoms with Gasteiger partial charge in [-0.3, -0.25) is 10.1 Å². The first-order valence-corrected chi connectivity index (χ1v) is 10.8. The van der Waals surface area contributed by atoms with Crippen LogP contribution >= 0.6 is 11.3 Å². The number of para-hydroxylation sites is 1. The summed E-state index contributed by atoms with van der Waals surface area (Å²) in [6.07, 6.45) is 1.65. The SMILES string of the molecule is O=[N+]([O-])c1ccc(S(=O)(=O)N2CCC[C@@H](c3nc4ccccc4s3)C2)cc1. The van der Waals surface area contributed by atoms with E-state index in [0.29, 0.717) is 13.1 Å². The van der Waals surface area contributed by atoms with Crippen LogP contribution in [0.4, 0.5) is 5.69 Å². The second kappa shape index (κ2) is 6.99. The fourth-order valence-corrected chi connectivity index (χ4v) is 5.93. The number of piperidine rings is 1. The van der Waals surface area contributed by atoms with Crippen LogP contribution in [-0.2, 0) is 10.0 Å². The zero-order valence-electron chi connectivity index (χ0n) is 14.3. The lowest BCUT2D eigenvalue weighted by atomic mass is 10.0. The van der Waals surface area contributed by atoms with Crippen LogP contribution < -0.4 is 0 Å². The van der Waals surface area contributed by atoms with E-state index in [9.17, 15) is 18.5 Å². The Balaban J connectivity index is 1.58. The predicted molar refractivity (Wildman–Crippen MR) is 103 cm³/mol. The number of hydrogen-bond acceptors (Lipinski definition) is 6. The molecule has 4 rings (SSSR count). The number of hydrogen-bond donors (Lipinski definition) is 0. The number of nitro benzene ring substituents is 1. The molecular weight excluding hydrogens is 386 g/mol. The molecule has 140 valence electrons. The lowest BCUT2D eigenvalue weighted by Crippen LogP contribution is -2.39. The summed E-state index contributed by atoms with van der Waals surface area (Å²) in [7, 11) is -3.69. The Labute approximate surface area is 160 Å². The van der Waals surface area contributed by atoms with E-state index >= 15 is 0 Å². The molecular formula is C18H17N3O4S2. The fraction of sp³-hybridized carbons (Fsp3) is 0.278. The van der Waals surface area contributed by atoms with E-state index in [2.05, 4.69) is 4.98 Å². The fourth-order valence-electron chi connectivity index (χ4n) is 3.32. The van der Waals surface area contributed by atoms with Crippen molar-refractivity contribution in [3.05, 3.63) is 63.7 Å². The molecule has 2 heterocycles. The summed E-state index contributed by atoms with van der Waals surface area (Å²) in [6, 6.07) is 12.9. The number of fused-ring (bicyclic) bond motifs is 1. The zero-order valence-corrected chi connectivity index (χ0v) is 15.9. The third-order valence-corrected chi connectivity index (χ3v) is 7.81. The monoisotopic (exact) mass is 403 g/mol. The number of nitrogens with zero attached hydrogens (tertiary/aromatic N) is 3. The standard InChI is InChI=1S/C18H17N3O4S2/c22-21(23)14-7-9-15(10-8-14)27(24,25)20-11-3-4-13(12-20)18-19-16-5-1-2-6-17(16)26-18/h1-2,5-10,13H,3-4,11-12H2/t13-/m1/s1. The van der Waals surface area contributed by atoms with Gasteiger partial charge in [0.25, 0.3) is 5.69 Å². The third kappa shape index (κ3) is 3.45. The van der Waals surface area contributed by atoms with E-state index in [1.807, 2.05) is 24.3 Å². The molecule has 2 aromatic carbocycles. The Bertz CT molecular complexity index is 1060. The quantitative estimate of drug-likeness (QED) is 0.488. The molecule has 1 saturated heterocycles. The van der Waals surface area contributed by atoms with Crippen molar-refractivity contribution >= 4 is 37.3 Å². The minimum absolute atomic E-state index is 0.0592. The Morgan fingerprint density at radius 2 is 1.89 bits per heavy atom. The highest BCUT2D eigenvalue weighted by Gasteiger charge is 2.32. The molecule has 9 heteroatoms. The lowest BCUT2D eigenvalue weighted by molar-refractivity contribution is -0.384. The predicted octanol–water partition coefficient (Wildman–Crippen LogP) is 3.77. The van der Waals surface area contributed by atoms with Gasteiger partial charge in [0, 0.05) is 31.1 Å². The second-order valence-electron chi connectivity index (χ2n) is 6.47. The van der Waals surface area contributed by atoms with E-state index < -0.39 is 14.9 Å². The van der Waals surface area contributed by atoms with Crippen LogP contribution in [-0.4, -0.2) is 35.7 Å². The van der Waals surface area contributed by atoms with Crippen molar-refractivity contribution in [1.82, 2.24) is 9.29 Å². The van der Waals surface area contributed by atoms with E-state index in [4.69, 9.17) is 0 Å². The van der Waals surface area contributed by atoms with Crippen molar-refractivity contribution in [3.8, 4) is 0 Å². The number of benzene rings is 2. The lowest BCUT2D eigenvalue weighted by Gasteiger charge is -2.30. The average molecular weight is 403 g/mol. The summed E-state index contributed by atoms with van der Waals surface area (Å²) >= 11 is 1.61. The third-order valence-electron chi connectivity index (χ3n) is 4.73. The summed E-state index contributed by atoms with van der Waals surface area (Å²) in [5.74, 6) is 0.0592. The van der Waals surface area contributed by atoms with Crippen molar-refractivity contribution in [2.24, 2.45) is 0 Å². The van der Waals surface area contributed by atoms with E-state index in [-0.39, 0.29) is 16.5 Å². The van der Waals surface area contributed by atoms with Crippen LogP contribution in [0.2, 0.25) is 0 Å². The van der Waals surface area contributed by atoms with Gasteiger partial charge in [0.05, 0.1) is 25.0 Å². The van der Waals surface area contributed by atoms with Gasteiger partial charge >= 0.3 is 0 Å². The molecule has 0 bridgehead atoms. The maximum atomic E-state index is 13.0. The minimum atomic E-state index is -3.69. The molecule has 0 unspecified atom stereocenters. The first-order valence-electron chi connectivity index (χ1n) is 8.55. The van der Waals surface area contributed by atoms with Crippen LogP contribution in [0.3, 0.4) is 0 Å². The van der Waals surface area contributed by atoms with Gasteiger partial charge in [0.15, 0.2) is 0 Å². The highest BCUT2D eigenvalue weighted by Crippen LogP contribution is 2.34. The number of thiazole rings is 1. The molecule has 27 heavy (non-hydrogen) atoms. The molecule has 1 aliphatic heterocycles. The van der Waals surface area contributed by atoms with Crippen LogP contribution in [0.1, 0.15) is 23.8 Å². The van der Waals surface area contributed by atoms with Crippen molar-refractivity contribution in [1.29, 1.82) is 0 Å². The molecule has 0 radical (unpaired) electrons. The summed E-state index contributed by atoms with van der Waals surface area (Å²) in [5.41, 5.74) is 0.813. The van der Waals surface area contributed by atoms with Crippen molar-refractivity contribution < 1.29 is 13.3 Å². The van der Waals surface area contributed by atoms with E-state index in [1.54, 1.807) is 11.3 Å². The molecule has 0 spiro atoms. The molecule has 1 aromatic heterocycles. The molecule has 0 amide bonds. The number of sulfonamides is 1. The first-order chi connectivity index (χ1) is 12.9. The maximum absolute atomic E-state index is 13.0. The topological polar surface area (TPSA) is 93.4 Å². The number of nitro groups is 1. The normalized spacial score (nSPS) is 18.6. The van der Waals surface area contributed by atoms with Gasteiger partial charge in [0.2, 0.25) is 10.0 Å². The van der Waals surface area contributed by atoms with Gasteiger partial charge in [-0.15, -0.1) is 11.3 Å². The Hall–Kier alpha value is -2.36. The molecule has 0 aliphatic carbocycles. The smallest absolute Gasteiger partial charge is 0.258 e. The number of aromatic nitrogens is 1. The van der Waals surface area contributed by atoms with Crippen LogP contribution in [0.15, 0.2) is 53.4 Å². The second-order valence-corrected chi connectivity index (χ2v) is 9.47. The summed E-state index contributed by atoms with van der Waals surface area (Å²) in [6.45, 7) is 0.819. The van der Waals surface area contributed by atoms with E-state index in [0.717, 1.165) is 28.1 Å². The molecule has 1 fully saturated rings. The van der Waals surface area contributed by atoms with E-state index in [1.165, 1.54) is 28.6 Å². The average Bonchev–Trinajstić information content (AvgIpc) is 3.12. The van der Waals surface area contributed by atoms with Gasteiger partial charge in [-0.2, -0.15) is 4.31 Å². The molecule has 7 nitrogen and oxygen atoms in total. The van der Waals surface area contributed by atoms with Gasteiger partial charge in [-0.05, 0) is 37.1 Å². The van der Waals surface area contributed by atoms with Gasteiger partial charge in [0.1, 0.15) is 0 Å². The van der Waals surface area contributed by atoms with Crippen LogP contribution in [0, 0.1) is 10.1 Å². The van der Waals surface area contributed by atoms with Gasteiger partial charge in [-0.25, -0.2) is 13.4 Å². The highest BCUT2D eigenvalue weighted by molar-refractivity contribution is 7.89. The Morgan fingerprint density at radius 3 is 2.59 bits per heavy atom. The van der Waals surface area contributed by atoms with Crippen LogP contribution in [0.25, 0.3) is 10.2 Å². The highest BCUT2D eigenvalue weighted by atomic mass is 32.2. The summed E-state index contributed by atoms with van der Waals surface area (Å²) in [5, 5.41) is 11.7. The molecule has 0 N–H and O–H groups in total. The Morgan fingerprint density at radius 1 is 1.15 bits per heavy atom. The van der Waals surface area contributed by atoms with Crippen molar-refractivity contribution in [2.75, 3.05) is 13.1 Å². The summed E-state index contributed by atoms with van der Waals surface area (Å²) < 4.78 is 28.5. The molecule has 1 atom stereocenters. The first kappa shape index (κ1) is 18.0. The molecule has 3 aromatic rings.